The Kier molecular flexibility index (Phi) is 6.10. The first-order valence-corrected chi connectivity index (χ1v) is 10.2. The summed E-state index contributed by atoms with van der Waals surface area (Å²) in [5, 5.41) is 7.21. The van der Waals surface area contributed by atoms with Crippen molar-refractivity contribution in [3.05, 3.63) is 94.6 Å². The van der Waals surface area contributed by atoms with Crippen LogP contribution >= 0.6 is 0 Å². The molecule has 0 saturated heterocycles. The summed E-state index contributed by atoms with van der Waals surface area (Å²) in [7, 11) is 0. The molecule has 0 saturated carbocycles. The molecule has 0 spiro atoms. The lowest BCUT2D eigenvalue weighted by molar-refractivity contribution is 0.447. The third-order valence-electron chi connectivity index (χ3n) is 5.53. The van der Waals surface area contributed by atoms with Gasteiger partial charge < -0.3 is 10.6 Å². The Labute approximate surface area is 167 Å². The van der Waals surface area contributed by atoms with Crippen LogP contribution in [0.3, 0.4) is 0 Å². The fourth-order valence-electron chi connectivity index (χ4n) is 3.87. The molecule has 0 fully saturated rings. The molecule has 2 aromatic heterocycles. The van der Waals surface area contributed by atoms with Gasteiger partial charge in [-0.15, -0.1) is 0 Å². The number of aryl methyl sites for hydroxylation is 2. The summed E-state index contributed by atoms with van der Waals surface area (Å²) in [5.41, 5.74) is 7.60. The first-order valence-electron chi connectivity index (χ1n) is 10.2. The number of rotatable bonds is 7. The second-order valence-electron chi connectivity index (χ2n) is 7.54. The van der Waals surface area contributed by atoms with Crippen molar-refractivity contribution in [3.63, 3.8) is 0 Å². The molecule has 2 heterocycles. The van der Waals surface area contributed by atoms with Gasteiger partial charge in [0.15, 0.2) is 0 Å². The van der Waals surface area contributed by atoms with Crippen LogP contribution in [-0.4, -0.2) is 9.97 Å². The van der Waals surface area contributed by atoms with Gasteiger partial charge in [0, 0.05) is 37.7 Å². The lowest BCUT2D eigenvalue weighted by Crippen LogP contribution is -2.25. The van der Waals surface area contributed by atoms with Gasteiger partial charge in [0.05, 0.1) is 11.7 Å². The Hall–Kier alpha value is -2.56. The minimum absolute atomic E-state index is 0.369. The number of aromatic nitrogens is 2. The van der Waals surface area contributed by atoms with E-state index in [1.54, 1.807) is 0 Å². The minimum atomic E-state index is 0.369. The Morgan fingerprint density at radius 1 is 0.893 bits per heavy atom. The summed E-state index contributed by atoms with van der Waals surface area (Å²) >= 11 is 0. The lowest BCUT2D eigenvalue weighted by atomic mass is 9.92. The number of benzene rings is 1. The van der Waals surface area contributed by atoms with E-state index in [9.17, 15) is 0 Å². The zero-order chi connectivity index (χ0) is 19.2. The van der Waals surface area contributed by atoms with E-state index in [2.05, 4.69) is 63.9 Å². The SMILES string of the molecule is Cc1ncccc1CNCc1ccc(CNC2CCCc3cccnc32)cc1. The predicted octanol–water partition coefficient (Wildman–Crippen LogP) is 4.24. The summed E-state index contributed by atoms with van der Waals surface area (Å²) in [4.78, 5) is 8.95. The summed E-state index contributed by atoms with van der Waals surface area (Å²) in [6.45, 7) is 4.64. The molecule has 4 heteroatoms. The smallest absolute Gasteiger partial charge is 0.0605 e. The van der Waals surface area contributed by atoms with Crippen molar-refractivity contribution in [1.82, 2.24) is 20.6 Å². The van der Waals surface area contributed by atoms with E-state index < -0.39 is 0 Å². The number of fused-ring (bicyclic) bond motifs is 1. The van der Waals surface area contributed by atoms with E-state index in [0.29, 0.717) is 6.04 Å². The monoisotopic (exact) mass is 372 g/mol. The highest BCUT2D eigenvalue weighted by molar-refractivity contribution is 5.27. The normalized spacial score (nSPS) is 16.0. The van der Waals surface area contributed by atoms with Crippen LogP contribution in [0.15, 0.2) is 60.9 Å². The van der Waals surface area contributed by atoms with Crippen molar-refractivity contribution in [2.75, 3.05) is 0 Å². The molecule has 0 amide bonds. The van der Waals surface area contributed by atoms with Crippen LogP contribution in [0.25, 0.3) is 0 Å². The molecule has 1 unspecified atom stereocenters. The highest BCUT2D eigenvalue weighted by atomic mass is 14.9. The van der Waals surface area contributed by atoms with Crippen molar-refractivity contribution >= 4 is 0 Å². The predicted molar refractivity (Wildman–Crippen MR) is 113 cm³/mol. The average Bonchev–Trinajstić information content (AvgIpc) is 2.74. The molecular formula is C24H28N4. The molecule has 1 aromatic carbocycles. The van der Waals surface area contributed by atoms with Crippen LogP contribution in [0.1, 0.15) is 52.5 Å². The van der Waals surface area contributed by atoms with E-state index >= 15 is 0 Å². The average molecular weight is 373 g/mol. The first-order chi connectivity index (χ1) is 13.8. The van der Waals surface area contributed by atoms with Crippen LogP contribution in [-0.2, 0) is 26.1 Å². The molecule has 4 nitrogen and oxygen atoms in total. The summed E-state index contributed by atoms with van der Waals surface area (Å²) < 4.78 is 0. The Morgan fingerprint density at radius 2 is 1.64 bits per heavy atom. The largest absolute Gasteiger partial charge is 0.309 e. The fourth-order valence-corrected chi connectivity index (χ4v) is 3.87. The van der Waals surface area contributed by atoms with E-state index in [0.717, 1.165) is 31.7 Å². The van der Waals surface area contributed by atoms with Gasteiger partial charge in [-0.05, 0) is 60.6 Å². The molecule has 0 aliphatic heterocycles. The van der Waals surface area contributed by atoms with Gasteiger partial charge in [-0.3, -0.25) is 9.97 Å². The maximum Gasteiger partial charge on any atom is 0.0605 e. The fraction of sp³-hybridized carbons (Fsp3) is 0.333. The molecule has 1 aliphatic carbocycles. The summed E-state index contributed by atoms with van der Waals surface area (Å²) in [5.74, 6) is 0. The molecule has 4 rings (SSSR count). The standard InChI is InChI=1S/C24H28N4/c1-18-22(7-4-13-26-18)17-25-15-19-9-11-20(12-10-19)16-28-23-8-2-5-21-6-3-14-27-24(21)23/h3-4,6-7,9-14,23,25,28H,2,5,8,15-17H2,1H3. The van der Waals surface area contributed by atoms with Gasteiger partial charge in [-0.2, -0.15) is 0 Å². The van der Waals surface area contributed by atoms with Crippen LogP contribution in [0.5, 0.6) is 0 Å². The zero-order valence-electron chi connectivity index (χ0n) is 16.5. The first kappa shape index (κ1) is 18.8. The van der Waals surface area contributed by atoms with Crippen LogP contribution < -0.4 is 10.6 Å². The van der Waals surface area contributed by atoms with Crippen LogP contribution in [0.4, 0.5) is 0 Å². The Morgan fingerprint density at radius 3 is 2.46 bits per heavy atom. The topological polar surface area (TPSA) is 49.8 Å². The molecule has 2 N–H and O–H groups in total. The molecule has 1 atom stereocenters. The van der Waals surface area contributed by atoms with Gasteiger partial charge >= 0.3 is 0 Å². The Balaban J connectivity index is 1.28. The minimum Gasteiger partial charge on any atom is -0.309 e. The number of hydrogen-bond acceptors (Lipinski definition) is 4. The number of nitrogens with zero attached hydrogens (tertiary/aromatic N) is 2. The third-order valence-corrected chi connectivity index (χ3v) is 5.53. The maximum atomic E-state index is 4.62. The summed E-state index contributed by atoms with van der Waals surface area (Å²) in [6, 6.07) is 17.6. The van der Waals surface area contributed by atoms with Gasteiger partial charge in [0.25, 0.3) is 0 Å². The maximum absolute atomic E-state index is 4.62. The van der Waals surface area contributed by atoms with E-state index in [1.807, 2.05) is 24.5 Å². The highest BCUT2D eigenvalue weighted by Gasteiger charge is 2.20. The Bertz CT molecular complexity index is 904. The zero-order valence-corrected chi connectivity index (χ0v) is 16.5. The van der Waals surface area contributed by atoms with Crippen LogP contribution in [0.2, 0.25) is 0 Å². The molecule has 3 aromatic rings. The van der Waals surface area contributed by atoms with E-state index in [1.165, 1.54) is 40.8 Å². The molecule has 28 heavy (non-hydrogen) atoms. The van der Waals surface area contributed by atoms with Crippen LogP contribution in [0, 0.1) is 6.92 Å². The van der Waals surface area contributed by atoms with Gasteiger partial charge in [-0.1, -0.05) is 36.4 Å². The number of hydrogen-bond donors (Lipinski definition) is 2. The van der Waals surface area contributed by atoms with Crippen molar-refractivity contribution in [2.24, 2.45) is 0 Å². The molecule has 144 valence electrons. The quantitative estimate of drug-likeness (QED) is 0.651. The second kappa shape index (κ2) is 9.09. The van der Waals surface area contributed by atoms with Crippen molar-refractivity contribution < 1.29 is 0 Å². The number of pyridine rings is 2. The molecular weight excluding hydrogens is 344 g/mol. The molecule has 0 bridgehead atoms. The summed E-state index contributed by atoms with van der Waals surface area (Å²) in [6.07, 6.45) is 7.31. The van der Waals surface area contributed by atoms with Gasteiger partial charge in [0.2, 0.25) is 0 Å². The lowest BCUT2D eigenvalue weighted by Gasteiger charge is -2.25. The molecule has 1 aliphatic rings. The third kappa shape index (κ3) is 4.64. The highest BCUT2D eigenvalue weighted by Crippen LogP contribution is 2.27. The number of nitrogens with one attached hydrogen (secondary N) is 2. The van der Waals surface area contributed by atoms with Crippen molar-refractivity contribution in [1.29, 1.82) is 0 Å². The second-order valence-corrected chi connectivity index (χ2v) is 7.54. The van der Waals surface area contributed by atoms with Crippen molar-refractivity contribution in [2.45, 2.75) is 51.9 Å². The van der Waals surface area contributed by atoms with Crippen molar-refractivity contribution in [3.8, 4) is 0 Å². The van der Waals surface area contributed by atoms with Gasteiger partial charge in [0.1, 0.15) is 0 Å². The van der Waals surface area contributed by atoms with E-state index in [4.69, 9.17) is 0 Å². The van der Waals surface area contributed by atoms with Gasteiger partial charge in [-0.25, -0.2) is 0 Å². The molecule has 0 radical (unpaired) electrons. The van der Waals surface area contributed by atoms with E-state index in [-0.39, 0.29) is 0 Å².